The molecule has 5 nitrogen and oxygen atoms in total. The molecule has 3 aliphatic rings. The van der Waals surface area contributed by atoms with Crippen LogP contribution < -0.4 is 5.32 Å². The van der Waals surface area contributed by atoms with Gasteiger partial charge in [-0.1, -0.05) is 17.7 Å². The molecule has 0 radical (unpaired) electrons. The van der Waals surface area contributed by atoms with E-state index in [1.165, 1.54) is 25.5 Å². The SMILES string of the molecule is Fc1cccc(Cl)c1-c1ccc(NC2[C@H]3CN(CC4CCOCC4)C[C@@H]23)nn1. The first kappa shape index (κ1) is 18.3. The van der Waals surface area contributed by atoms with Gasteiger partial charge in [-0.3, -0.25) is 0 Å². The van der Waals surface area contributed by atoms with Crippen LogP contribution in [0.25, 0.3) is 11.3 Å². The lowest BCUT2D eigenvalue weighted by Gasteiger charge is -2.28. The highest BCUT2D eigenvalue weighted by molar-refractivity contribution is 6.33. The second-order valence-electron chi connectivity index (χ2n) is 8.17. The minimum absolute atomic E-state index is 0.301. The summed E-state index contributed by atoms with van der Waals surface area (Å²) >= 11 is 6.11. The molecule has 0 bridgehead atoms. The smallest absolute Gasteiger partial charge is 0.148 e. The number of ether oxygens (including phenoxy) is 1. The summed E-state index contributed by atoms with van der Waals surface area (Å²) in [4.78, 5) is 2.61. The molecule has 2 aromatic rings. The maximum Gasteiger partial charge on any atom is 0.148 e. The highest BCUT2D eigenvalue weighted by atomic mass is 35.5. The lowest BCUT2D eigenvalue weighted by Crippen LogP contribution is -2.34. The van der Waals surface area contributed by atoms with Crippen LogP contribution >= 0.6 is 11.6 Å². The van der Waals surface area contributed by atoms with Crippen molar-refractivity contribution in [1.82, 2.24) is 15.1 Å². The van der Waals surface area contributed by atoms with Crippen molar-refractivity contribution in [1.29, 1.82) is 0 Å². The molecule has 3 fully saturated rings. The van der Waals surface area contributed by atoms with Gasteiger partial charge in [0.1, 0.15) is 11.6 Å². The van der Waals surface area contributed by atoms with Gasteiger partial charge in [0.25, 0.3) is 0 Å². The van der Waals surface area contributed by atoms with Crippen molar-refractivity contribution in [3.05, 3.63) is 41.2 Å². The molecule has 1 saturated carbocycles. The van der Waals surface area contributed by atoms with Crippen molar-refractivity contribution in [3.63, 3.8) is 0 Å². The zero-order chi connectivity index (χ0) is 19.1. The summed E-state index contributed by atoms with van der Waals surface area (Å²) < 4.78 is 19.5. The summed E-state index contributed by atoms with van der Waals surface area (Å²) in [5.74, 6) is 2.54. The lowest BCUT2D eigenvalue weighted by atomic mass is 10.00. The first-order valence-corrected chi connectivity index (χ1v) is 10.4. The summed E-state index contributed by atoms with van der Waals surface area (Å²) in [6, 6.07) is 8.73. The van der Waals surface area contributed by atoms with E-state index in [0.717, 1.165) is 38.0 Å². The largest absolute Gasteiger partial charge is 0.381 e. The van der Waals surface area contributed by atoms with E-state index in [4.69, 9.17) is 16.3 Å². The van der Waals surface area contributed by atoms with Crippen LogP contribution in [0.2, 0.25) is 5.02 Å². The number of piperidine rings is 1. The molecule has 148 valence electrons. The average molecular weight is 403 g/mol. The molecule has 1 aromatic heterocycles. The summed E-state index contributed by atoms with van der Waals surface area (Å²) in [7, 11) is 0. The second kappa shape index (κ2) is 7.58. The fraction of sp³-hybridized carbons (Fsp3) is 0.524. The van der Waals surface area contributed by atoms with E-state index in [1.54, 1.807) is 18.2 Å². The minimum atomic E-state index is -0.385. The number of nitrogens with zero attached hydrogens (tertiary/aromatic N) is 3. The maximum absolute atomic E-state index is 14.0. The number of fused-ring (bicyclic) bond motifs is 1. The number of likely N-dealkylation sites (tertiary alicyclic amines) is 1. The van der Waals surface area contributed by atoms with Gasteiger partial charge in [0, 0.05) is 38.9 Å². The molecule has 1 aliphatic carbocycles. The normalized spacial score (nSPS) is 27.6. The zero-order valence-corrected chi connectivity index (χ0v) is 16.4. The Balaban J connectivity index is 1.16. The monoisotopic (exact) mass is 402 g/mol. The van der Waals surface area contributed by atoms with Crippen LogP contribution in [-0.2, 0) is 4.74 Å². The summed E-state index contributed by atoms with van der Waals surface area (Å²) in [6.45, 7) is 5.37. The Hall–Kier alpha value is -1.76. The standard InChI is InChI=1S/C21H24ClFN4O/c22-16-2-1-3-17(23)20(16)18-4-5-19(26-25-18)24-21-14-11-27(12-15(14)21)10-13-6-8-28-9-7-13/h1-5,13-15,21H,6-12H2,(H,24,26)/t14-,15+,21?. The number of halogens is 2. The number of nitrogens with one attached hydrogen (secondary N) is 1. The van der Waals surface area contributed by atoms with Crippen LogP contribution in [0.4, 0.5) is 10.2 Å². The van der Waals surface area contributed by atoms with Crippen molar-refractivity contribution in [3.8, 4) is 11.3 Å². The van der Waals surface area contributed by atoms with E-state index >= 15 is 0 Å². The van der Waals surface area contributed by atoms with Gasteiger partial charge in [-0.2, -0.15) is 0 Å². The van der Waals surface area contributed by atoms with Crippen LogP contribution in [0.3, 0.4) is 0 Å². The third-order valence-electron chi connectivity index (χ3n) is 6.32. The maximum atomic E-state index is 14.0. The first-order valence-electron chi connectivity index (χ1n) is 10.0. The number of anilines is 1. The molecule has 28 heavy (non-hydrogen) atoms. The van der Waals surface area contributed by atoms with Gasteiger partial charge in [-0.25, -0.2) is 4.39 Å². The van der Waals surface area contributed by atoms with E-state index in [2.05, 4.69) is 20.4 Å². The molecule has 1 unspecified atom stereocenters. The van der Waals surface area contributed by atoms with Gasteiger partial charge in [0.05, 0.1) is 16.3 Å². The Morgan fingerprint density at radius 3 is 2.57 bits per heavy atom. The molecule has 0 amide bonds. The molecule has 0 spiro atoms. The van der Waals surface area contributed by atoms with E-state index < -0.39 is 0 Å². The topological polar surface area (TPSA) is 50.3 Å². The molecule has 5 rings (SSSR count). The molecule has 3 atom stereocenters. The summed E-state index contributed by atoms with van der Waals surface area (Å²) in [5, 5.41) is 12.3. The Morgan fingerprint density at radius 1 is 1.11 bits per heavy atom. The van der Waals surface area contributed by atoms with E-state index in [9.17, 15) is 4.39 Å². The number of aromatic nitrogens is 2. The Kier molecular flexibility index (Phi) is 4.95. The number of hydrogen-bond donors (Lipinski definition) is 1. The van der Waals surface area contributed by atoms with E-state index in [-0.39, 0.29) is 5.82 Å². The number of rotatable bonds is 5. The minimum Gasteiger partial charge on any atom is -0.381 e. The molecule has 2 saturated heterocycles. The van der Waals surface area contributed by atoms with Crippen molar-refractivity contribution in [2.45, 2.75) is 18.9 Å². The number of hydrogen-bond acceptors (Lipinski definition) is 5. The van der Waals surface area contributed by atoms with Crippen molar-refractivity contribution >= 4 is 17.4 Å². The molecular weight excluding hydrogens is 379 g/mol. The van der Waals surface area contributed by atoms with Gasteiger partial charge >= 0.3 is 0 Å². The van der Waals surface area contributed by atoms with Crippen molar-refractivity contribution in [2.24, 2.45) is 17.8 Å². The van der Waals surface area contributed by atoms with Gasteiger partial charge in [0.2, 0.25) is 0 Å². The van der Waals surface area contributed by atoms with Crippen molar-refractivity contribution in [2.75, 3.05) is 38.2 Å². The quantitative estimate of drug-likeness (QED) is 0.826. The average Bonchev–Trinajstić information content (AvgIpc) is 3.14. The molecule has 3 heterocycles. The molecule has 2 aliphatic heterocycles. The molecule has 1 N–H and O–H groups in total. The van der Waals surface area contributed by atoms with E-state index in [0.29, 0.717) is 34.2 Å². The van der Waals surface area contributed by atoms with Crippen LogP contribution in [0.5, 0.6) is 0 Å². The number of benzene rings is 1. The van der Waals surface area contributed by atoms with Crippen LogP contribution in [0.1, 0.15) is 12.8 Å². The highest BCUT2D eigenvalue weighted by Crippen LogP contribution is 2.47. The van der Waals surface area contributed by atoms with Gasteiger partial charge in [0.15, 0.2) is 0 Å². The summed E-state index contributed by atoms with van der Waals surface area (Å²) in [5.41, 5.74) is 0.752. The second-order valence-corrected chi connectivity index (χ2v) is 8.58. The predicted molar refractivity (Wildman–Crippen MR) is 107 cm³/mol. The Labute approximate surface area is 169 Å². The van der Waals surface area contributed by atoms with E-state index in [1.807, 2.05) is 6.07 Å². The Bertz CT molecular complexity index is 811. The van der Waals surface area contributed by atoms with Gasteiger partial charge in [-0.05, 0) is 54.9 Å². The molecule has 1 aromatic carbocycles. The van der Waals surface area contributed by atoms with Gasteiger partial charge in [-0.15, -0.1) is 10.2 Å². The van der Waals surface area contributed by atoms with Crippen LogP contribution in [0.15, 0.2) is 30.3 Å². The summed E-state index contributed by atoms with van der Waals surface area (Å²) in [6.07, 6.45) is 2.39. The third kappa shape index (κ3) is 3.61. The highest BCUT2D eigenvalue weighted by Gasteiger charge is 2.55. The van der Waals surface area contributed by atoms with Crippen LogP contribution in [0, 0.1) is 23.6 Å². The first-order chi connectivity index (χ1) is 13.7. The van der Waals surface area contributed by atoms with Crippen LogP contribution in [-0.4, -0.2) is 54.0 Å². The molecular formula is C21H24ClFN4O. The zero-order valence-electron chi connectivity index (χ0n) is 15.7. The van der Waals surface area contributed by atoms with Crippen molar-refractivity contribution < 1.29 is 9.13 Å². The Morgan fingerprint density at radius 2 is 1.89 bits per heavy atom. The molecule has 7 heteroatoms. The predicted octanol–water partition coefficient (Wildman–Crippen LogP) is 3.70. The fourth-order valence-corrected chi connectivity index (χ4v) is 4.99. The fourth-order valence-electron chi connectivity index (χ4n) is 4.73. The lowest BCUT2D eigenvalue weighted by molar-refractivity contribution is 0.0540. The van der Waals surface area contributed by atoms with Gasteiger partial charge < -0.3 is 15.0 Å². The third-order valence-corrected chi connectivity index (χ3v) is 6.64.